The molecule has 0 heterocycles. The monoisotopic (exact) mass is 1010 g/mol. The van der Waals surface area contributed by atoms with Gasteiger partial charge in [-0.15, -0.1) is 0 Å². The maximum atomic E-state index is 12.2. The van der Waals surface area contributed by atoms with Crippen molar-refractivity contribution in [2.45, 2.75) is 238 Å². The van der Waals surface area contributed by atoms with E-state index in [1.807, 2.05) is 18.2 Å². The fraction of sp³-hybridized carbons (Fsp3) is 0.843. The molecule has 68 heavy (non-hydrogen) atoms. The summed E-state index contributed by atoms with van der Waals surface area (Å²) in [4.78, 5) is 43.8. The number of hydrogen-bond donors (Lipinski definition) is 5. The zero-order chi connectivity index (χ0) is 50.2. The van der Waals surface area contributed by atoms with Crippen LogP contribution < -0.4 is 0 Å². The Kier molecular flexibility index (Phi) is 46.4. The van der Waals surface area contributed by atoms with Crippen LogP contribution in [0.15, 0.2) is 36.5 Å². The van der Waals surface area contributed by atoms with Crippen molar-refractivity contribution in [2.75, 3.05) is 39.6 Å². The zero-order valence-electron chi connectivity index (χ0n) is 42.3. The van der Waals surface area contributed by atoms with E-state index in [2.05, 4.69) is 45.6 Å². The maximum absolute atomic E-state index is 12.2. The second-order valence-electron chi connectivity index (χ2n) is 17.9. The number of hydrogen-bond acceptors (Lipinski definition) is 13. The number of phosphoric acid groups is 2. The van der Waals surface area contributed by atoms with Crippen LogP contribution in [-0.4, -0.2) is 95.0 Å². The summed E-state index contributed by atoms with van der Waals surface area (Å²) < 4.78 is 53.1. The quantitative estimate of drug-likeness (QED) is 0.0165. The Bertz CT molecular complexity index is 1360. The van der Waals surface area contributed by atoms with Gasteiger partial charge in [0.05, 0.1) is 26.4 Å². The molecule has 0 aromatic heterocycles. The van der Waals surface area contributed by atoms with Crippen LogP contribution in [0.3, 0.4) is 0 Å². The highest BCUT2D eigenvalue weighted by Crippen LogP contribution is 2.45. The van der Waals surface area contributed by atoms with Crippen molar-refractivity contribution >= 4 is 27.6 Å². The molecule has 5 N–H and O–H groups in total. The van der Waals surface area contributed by atoms with Crippen molar-refractivity contribution < 1.29 is 71.4 Å². The summed E-state index contributed by atoms with van der Waals surface area (Å²) in [6.45, 7) is 0.316. The first-order valence-electron chi connectivity index (χ1n) is 26.4. The molecule has 17 heteroatoms. The summed E-state index contributed by atoms with van der Waals surface area (Å²) in [6, 6.07) is 0. The highest BCUT2D eigenvalue weighted by molar-refractivity contribution is 7.47. The number of aliphatic hydroxyl groups excluding tert-OH is 3. The largest absolute Gasteiger partial charge is 0.472 e. The number of esters is 2. The number of aliphatic hydroxyl groups is 3. The zero-order valence-corrected chi connectivity index (χ0v) is 44.1. The molecule has 5 atom stereocenters. The molecule has 0 bridgehead atoms. The van der Waals surface area contributed by atoms with E-state index >= 15 is 0 Å². The van der Waals surface area contributed by atoms with E-state index in [0.29, 0.717) is 12.8 Å². The summed E-state index contributed by atoms with van der Waals surface area (Å²) in [5.41, 5.74) is 0. The molecule has 0 spiro atoms. The smallest absolute Gasteiger partial charge is 0.463 e. The lowest BCUT2D eigenvalue weighted by Crippen LogP contribution is -2.25. The number of phosphoric ester groups is 2. The Hall–Kier alpha value is -1.74. The first kappa shape index (κ1) is 66.3. The van der Waals surface area contributed by atoms with Crippen molar-refractivity contribution in [2.24, 2.45) is 0 Å². The van der Waals surface area contributed by atoms with E-state index in [4.69, 9.17) is 14.0 Å². The second-order valence-corrected chi connectivity index (χ2v) is 20.8. The highest BCUT2D eigenvalue weighted by atomic mass is 31.2. The lowest BCUT2D eigenvalue weighted by Gasteiger charge is -2.19. The molecule has 0 aliphatic carbocycles. The fourth-order valence-electron chi connectivity index (χ4n) is 7.10. The highest BCUT2D eigenvalue weighted by Gasteiger charge is 2.28. The third-order valence-electron chi connectivity index (χ3n) is 11.2. The van der Waals surface area contributed by atoms with Gasteiger partial charge >= 0.3 is 27.6 Å². The molecule has 0 saturated carbocycles. The summed E-state index contributed by atoms with van der Waals surface area (Å²) >= 11 is 0. The minimum atomic E-state index is -4.79. The van der Waals surface area contributed by atoms with Gasteiger partial charge in [-0.2, -0.15) is 0 Å². The Balaban J connectivity index is 3.82. The summed E-state index contributed by atoms with van der Waals surface area (Å²) in [5.74, 6) is -1.000. The van der Waals surface area contributed by atoms with Crippen LogP contribution in [0.25, 0.3) is 0 Å². The molecule has 0 fully saturated rings. The molecule has 0 radical (unpaired) electrons. The molecule has 0 aliphatic heterocycles. The van der Waals surface area contributed by atoms with Crippen molar-refractivity contribution in [1.82, 2.24) is 0 Å². The molecule has 0 aromatic carbocycles. The Morgan fingerprint density at radius 3 is 1.00 bits per heavy atom. The number of rotatable bonds is 51. The molecule has 5 unspecified atom stereocenters. The van der Waals surface area contributed by atoms with Gasteiger partial charge in [0.15, 0.2) is 0 Å². The first-order valence-corrected chi connectivity index (χ1v) is 29.4. The Labute approximate surface area is 411 Å². The average Bonchev–Trinajstić information content (AvgIpc) is 3.31. The average molecular weight is 1010 g/mol. The Morgan fingerprint density at radius 1 is 0.397 bits per heavy atom. The topological polar surface area (TPSA) is 225 Å². The van der Waals surface area contributed by atoms with Crippen molar-refractivity contribution in [3.63, 3.8) is 0 Å². The van der Waals surface area contributed by atoms with Gasteiger partial charge in [0.2, 0.25) is 0 Å². The fourth-order valence-corrected chi connectivity index (χ4v) is 8.69. The predicted octanol–water partition coefficient (Wildman–Crippen LogP) is 12.6. The van der Waals surface area contributed by atoms with Crippen molar-refractivity contribution in [1.29, 1.82) is 0 Å². The van der Waals surface area contributed by atoms with Crippen LogP contribution in [-0.2, 0) is 46.3 Å². The van der Waals surface area contributed by atoms with Gasteiger partial charge < -0.3 is 34.6 Å². The minimum Gasteiger partial charge on any atom is -0.463 e. The number of unbranched alkanes of at least 4 members (excludes halogenated alkanes) is 27. The lowest BCUT2D eigenvalue weighted by atomic mass is 10.0. The molecule has 0 amide bonds. The summed E-state index contributed by atoms with van der Waals surface area (Å²) in [6.07, 6.45) is 44.2. The number of carbonyl (C=O) groups excluding carboxylic acids is 2. The van der Waals surface area contributed by atoms with Crippen molar-refractivity contribution in [3.05, 3.63) is 36.5 Å². The van der Waals surface area contributed by atoms with Crippen molar-refractivity contribution in [3.8, 4) is 0 Å². The van der Waals surface area contributed by atoms with Gasteiger partial charge in [0.1, 0.15) is 31.5 Å². The lowest BCUT2D eigenvalue weighted by molar-refractivity contribution is -0.148. The molecule has 400 valence electrons. The minimum absolute atomic E-state index is 0.183. The molecule has 0 saturated heterocycles. The van der Waals surface area contributed by atoms with E-state index in [0.717, 1.165) is 70.6 Å². The first-order chi connectivity index (χ1) is 32.8. The second kappa shape index (κ2) is 47.6. The molecule has 0 aliphatic rings. The number of carbonyl (C=O) groups is 2. The third-order valence-corrected chi connectivity index (χ3v) is 13.1. The Morgan fingerprint density at radius 2 is 0.676 bits per heavy atom. The van der Waals surface area contributed by atoms with Gasteiger partial charge in [0, 0.05) is 12.8 Å². The van der Waals surface area contributed by atoms with Crippen LogP contribution >= 0.6 is 15.6 Å². The summed E-state index contributed by atoms with van der Waals surface area (Å²) in [7, 11) is -9.57. The van der Waals surface area contributed by atoms with Crippen LogP contribution in [0, 0.1) is 0 Å². The van der Waals surface area contributed by atoms with E-state index in [1.54, 1.807) is 0 Å². The van der Waals surface area contributed by atoms with Gasteiger partial charge in [-0.25, -0.2) is 9.13 Å². The van der Waals surface area contributed by atoms with Crippen LogP contribution in [0.5, 0.6) is 0 Å². The molecular weight excluding hydrogens is 914 g/mol. The number of ether oxygens (including phenoxy) is 2. The standard InChI is InChI=1S/C51H96O15P2/c1-3-5-7-9-11-13-15-17-19-20-21-22-23-24-26-28-30-32-34-36-38-40-51(56)62-42-48(53)44-64-68(59,60)66-46-49(54)45-65-67(57,58)63-43-47(52)41-61-50(55)39-37-35-33-31-29-27-25-18-16-14-12-10-8-6-4-2/h6,8,10,12,14,16,47-49,52-54H,3-5,7,9,11,13,15,17-46H2,1-2H3,(H,57,58)(H,59,60)/b8-6+,12-10+,16-14+. The molecular formula is C51H96O15P2. The molecule has 0 aromatic rings. The van der Waals surface area contributed by atoms with Gasteiger partial charge in [-0.3, -0.25) is 27.7 Å². The SMILES string of the molecule is CC/C=C/C=C/C=C/CCCCCCCCCC(=O)OCC(O)COP(=O)(O)OCC(O)COP(=O)(O)OCC(O)COC(=O)CCCCCCCCCCCCCCCCCCCCCCC. The van der Waals surface area contributed by atoms with E-state index < -0.39 is 85.5 Å². The van der Waals surface area contributed by atoms with Crippen LogP contribution in [0.2, 0.25) is 0 Å². The number of allylic oxidation sites excluding steroid dienone is 6. The molecule has 0 rings (SSSR count). The normalized spacial score (nSPS) is 15.2. The van der Waals surface area contributed by atoms with E-state index in [1.165, 1.54) is 109 Å². The van der Waals surface area contributed by atoms with Crippen LogP contribution in [0.1, 0.15) is 219 Å². The van der Waals surface area contributed by atoms with Gasteiger partial charge in [0.25, 0.3) is 0 Å². The van der Waals surface area contributed by atoms with Gasteiger partial charge in [-0.05, 0) is 32.1 Å². The maximum Gasteiger partial charge on any atom is 0.472 e. The molecule has 15 nitrogen and oxygen atoms in total. The van der Waals surface area contributed by atoms with E-state index in [9.17, 15) is 43.8 Å². The third kappa shape index (κ3) is 49.2. The van der Waals surface area contributed by atoms with Gasteiger partial charge in [-0.1, -0.05) is 211 Å². The van der Waals surface area contributed by atoms with Crippen LogP contribution in [0.4, 0.5) is 0 Å². The predicted molar refractivity (Wildman–Crippen MR) is 270 cm³/mol. The van der Waals surface area contributed by atoms with E-state index in [-0.39, 0.29) is 12.8 Å². The summed E-state index contributed by atoms with van der Waals surface area (Å²) in [5, 5.41) is 30.1.